The van der Waals surface area contributed by atoms with Gasteiger partial charge in [-0.05, 0) is 50.2 Å². The molecule has 0 radical (unpaired) electrons. The number of amides is 1. The normalized spacial score (nSPS) is 15.9. The smallest absolute Gasteiger partial charge is 0.305 e. The van der Waals surface area contributed by atoms with Gasteiger partial charge in [-0.15, -0.1) is 0 Å². The van der Waals surface area contributed by atoms with E-state index in [0.717, 1.165) is 36.9 Å². The predicted molar refractivity (Wildman–Crippen MR) is 105 cm³/mol. The van der Waals surface area contributed by atoms with Crippen LogP contribution in [0.25, 0.3) is 0 Å². The Hall–Kier alpha value is -2.11. The molecule has 6 nitrogen and oxygen atoms in total. The van der Waals surface area contributed by atoms with Gasteiger partial charge in [0.1, 0.15) is 5.56 Å². The standard InChI is InChI=1S/C21H32N2O4/c1-5-17-15(4)12-16(20(27)23(17)11-8-14(2)3)19(26)22-21(13-18(24)25)9-6-7-10-21/h12,14H,5-11,13H2,1-4H3,(H,22,26)(H,24,25). The zero-order valence-corrected chi connectivity index (χ0v) is 16.9. The summed E-state index contributed by atoms with van der Waals surface area (Å²) in [6, 6.07) is 1.66. The Bertz CT molecular complexity index is 758. The number of hydrogen-bond acceptors (Lipinski definition) is 3. The average Bonchev–Trinajstić information content (AvgIpc) is 3.01. The third kappa shape index (κ3) is 4.99. The number of aromatic nitrogens is 1. The zero-order chi connectivity index (χ0) is 20.2. The van der Waals surface area contributed by atoms with Gasteiger partial charge in [0.05, 0.1) is 12.0 Å². The molecule has 1 heterocycles. The zero-order valence-electron chi connectivity index (χ0n) is 16.9. The molecule has 0 atom stereocenters. The number of nitrogens with one attached hydrogen (secondary N) is 1. The quantitative estimate of drug-likeness (QED) is 0.729. The topological polar surface area (TPSA) is 88.4 Å². The van der Waals surface area contributed by atoms with E-state index in [2.05, 4.69) is 19.2 Å². The second kappa shape index (κ2) is 8.72. The summed E-state index contributed by atoms with van der Waals surface area (Å²) in [5.41, 5.74) is 0.974. The number of aryl methyl sites for hydroxylation is 1. The van der Waals surface area contributed by atoms with Crippen LogP contribution in [0.3, 0.4) is 0 Å². The molecular formula is C21H32N2O4. The minimum Gasteiger partial charge on any atom is -0.481 e. The number of nitrogens with zero attached hydrogens (tertiary/aromatic N) is 1. The number of carbonyl (C=O) groups is 2. The number of pyridine rings is 1. The largest absolute Gasteiger partial charge is 0.481 e. The predicted octanol–water partition coefficient (Wildman–Crippen LogP) is 3.28. The third-order valence-electron chi connectivity index (χ3n) is 5.56. The molecule has 2 N–H and O–H groups in total. The second-order valence-corrected chi connectivity index (χ2v) is 8.19. The molecule has 6 heteroatoms. The molecule has 2 rings (SSSR count). The minimum absolute atomic E-state index is 0.105. The van der Waals surface area contributed by atoms with E-state index < -0.39 is 17.4 Å². The lowest BCUT2D eigenvalue weighted by Gasteiger charge is -2.29. The number of carboxylic acids is 1. The number of hydrogen-bond donors (Lipinski definition) is 2. The van der Waals surface area contributed by atoms with Crippen molar-refractivity contribution >= 4 is 11.9 Å². The van der Waals surface area contributed by atoms with Gasteiger partial charge >= 0.3 is 5.97 Å². The fourth-order valence-electron chi connectivity index (χ4n) is 4.09. The first-order chi connectivity index (χ1) is 12.7. The van der Waals surface area contributed by atoms with Crippen molar-refractivity contribution in [1.29, 1.82) is 0 Å². The van der Waals surface area contributed by atoms with Crippen LogP contribution in [0, 0.1) is 12.8 Å². The Morgan fingerprint density at radius 2 is 1.93 bits per heavy atom. The van der Waals surface area contributed by atoms with Crippen molar-refractivity contribution in [3.63, 3.8) is 0 Å². The van der Waals surface area contributed by atoms with E-state index in [1.165, 1.54) is 0 Å². The SMILES string of the molecule is CCc1c(C)cc(C(=O)NC2(CC(=O)O)CCCC2)c(=O)n1CCC(C)C. The van der Waals surface area contributed by atoms with Crippen molar-refractivity contribution in [3.05, 3.63) is 33.2 Å². The summed E-state index contributed by atoms with van der Waals surface area (Å²) in [6.45, 7) is 8.73. The van der Waals surface area contributed by atoms with Gasteiger partial charge in [0.25, 0.3) is 11.5 Å². The van der Waals surface area contributed by atoms with Crippen molar-refractivity contribution in [1.82, 2.24) is 9.88 Å². The summed E-state index contributed by atoms with van der Waals surface area (Å²) in [7, 11) is 0. The number of aliphatic carboxylic acids is 1. The fourth-order valence-corrected chi connectivity index (χ4v) is 4.09. The Balaban J connectivity index is 2.37. The monoisotopic (exact) mass is 376 g/mol. The number of carboxylic acid groups (broad SMARTS) is 1. The van der Waals surface area contributed by atoms with Crippen LogP contribution in [0.4, 0.5) is 0 Å². The lowest BCUT2D eigenvalue weighted by molar-refractivity contribution is -0.138. The van der Waals surface area contributed by atoms with Gasteiger partial charge < -0.3 is 15.0 Å². The maximum Gasteiger partial charge on any atom is 0.305 e. The van der Waals surface area contributed by atoms with E-state index in [9.17, 15) is 19.5 Å². The van der Waals surface area contributed by atoms with Crippen molar-refractivity contribution in [2.75, 3.05) is 0 Å². The highest BCUT2D eigenvalue weighted by Gasteiger charge is 2.38. The molecule has 0 bridgehead atoms. The molecular weight excluding hydrogens is 344 g/mol. The van der Waals surface area contributed by atoms with E-state index in [4.69, 9.17) is 0 Å². The average molecular weight is 376 g/mol. The minimum atomic E-state index is -0.927. The first-order valence-corrected chi connectivity index (χ1v) is 9.96. The van der Waals surface area contributed by atoms with Gasteiger partial charge in [0.15, 0.2) is 0 Å². The molecule has 150 valence electrons. The van der Waals surface area contributed by atoms with Gasteiger partial charge in [-0.2, -0.15) is 0 Å². The maximum atomic E-state index is 13.0. The molecule has 1 aliphatic rings. The first-order valence-electron chi connectivity index (χ1n) is 9.96. The number of carbonyl (C=O) groups excluding carboxylic acids is 1. The van der Waals surface area contributed by atoms with Crippen LogP contribution < -0.4 is 10.9 Å². The highest BCUT2D eigenvalue weighted by molar-refractivity contribution is 5.95. The summed E-state index contributed by atoms with van der Waals surface area (Å²) in [5, 5.41) is 12.1. The lowest BCUT2D eigenvalue weighted by Crippen LogP contribution is -2.49. The molecule has 1 amide bonds. The van der Waals surface area contributed by atoms with Crippen LogP contribution in [0.5, 0.6) is 0 Å². The molecule has 1 aromatic rings. The van der Waals surface area contributed by atoms with Crippen LogP contribution in [0.1, 0.15) is 80.9 Å². The lowest BCUT2D eigenvalue weighted by atomic mass is 9.92. The highest BCUT2D eigenvalue weighted by Crippen LogP contribution is 2.33. The summed E-state index contributed by atoms with van der Waals surface area (Å²) in [4.78, 5) is 37.2. The Labute approximate surface area is 161 Å². The molecule has 1 aliphatic carbocycles. The molecule has 0 saturated heterocycles. The van der Waals surface area contributed by atoms with Crippen LogP contribution in [0.15, 0.2) is 10.9 Å². The van der Waals surface area contributed by atoms with E-state index >= 15 is 0 Å². The summed E-state index contributed by atoms with van der Waals surface area (Å²) < 4.78 is 1.72. The Morgan fingerprint density at radius 1 is 1.30 bits per heavy atom. The molecule has 0 aliphatic heterocycles. The van der Waals surface area contributed by atoms with Gasteiger partial charge in [-0.3, -0.25) is 14.4 Å². The first kappa shape index (κ1) is 21.2. The van der Waals surface area contributed by atoms with Crippen molar-refractivity contribution in [3.8, 4) is 0 Å². The summed E-state index contributed by atoms with van der Waals surface area (Å²) >= 11 is 0. The van der Waals surface area contributed by atoms with Crippen LogP contribution in [-0.4, -0.2) is 27.1 Å². The molecule has 0 aromatic carbocycles. The second-order valence-electron chi connectivity index (χ2n) is 8.19. The molecule has 1 aromatic heterocycles. The maximum absolute atomic E-state index is 13.0. The molecule has 0 spiro atoms. The number of rotatable bonds is 8. The molecule has 1 fully saturated rings. The summed E-state index contributed by atoms with van der Waals surface area (Å²) in [6.07, 6.45) is 4.54. The highest BCUT2D eigenvalue weighted by atomic mass is 16.4. The molecule has 0 unspecified atom stereocenters. The van der Waals surface area contributed by atoms with Crippen LogP contribution >= 0.6 is 0 Å². The van der Waals surface area contributed by atoms with E-state index in [1.54, 1.807) is 10.6 Å². The van der Waals surface area contributed by atoms with Gasteiger partial charge in [-0.1, -0.05) is 33.6 Å². The van der Waals surface area contributed by atoms with Gasteiger partial charge in [0.2, 0.25) is 0 Å². The third-order valence-corrected chi connectivity index (χ3v) is 5.56. The van der Waals surface area contributed by atoms with Crippen LogP contribution in [0.2, 0.25) is 0 Å². The van der Waals surface area contributed by atoms with Gasteiger partial charge in [-0.25, -0.2) is 0 Å². The molecule has 1 saturated carbocycles. The Kier molecular flexibility index (Phi) is 6.84. The summed E-state index contributed by atoms with van der Waals surface area (Å²) in [5.74, 6) is -0.923. The van der Waals surface area contributed by atoms with E-state index in [-0.39, 0.29) is 17.5 Å². The van der Waals surface area contributed by atoms with Crippen molar-refractivity contribution in [2.45, 2.75) is 84.7 Å². The van der Waals surface area contributed by atoms with Gasteiger partial charge in [0, 0.05) is 12.2 Å². The van der Waals surface area contributed by atoms with E-state index in [1.807, 2.05) is 13.8 Å². The van der Waals surface area contributed by atoms with Crippen LogP contribution in [-0.2, 0) is 17.8 Å². The van der Waals surface area contributed by atoms with Crippen molar-refractivity contribution < 1.29 is 14.7 Å². The Morgan fingerprint density at radius 3 is 2.44 bits per heavy atom. The van der Waals surface area contributed by atoms with Crippen molar-refractivity contribution in [2.24, 2.45) is 5.92 Å². The van der Waals surface area contributed by atoms with E-state index in [0.29, 0.717) is 25.3 Å². The fraction of sp³-hybridized carbons (Fsp3) is 0.667. The molecule has 27 heavy (non-hydrogen) atoms.